The van der Waals surface area contributed by atoms with Crippen LogP contribution in [0.4, 0.5) is 11.4 Å². The number of para-hydroxylation sites is 2. The van der Waals surface area contributed by atoms with Gasteiger partial charge in [0.05, 0.1) is 29.3 Å². The standard InChI is InChI=1S/C15H16N2O3S/c1-20-11-5-4-6-12(9-11)21(19)10-15(18)17-14-8-3-2-7-13(14)16/h2-9H,10,16H2,1H3,(H,17,18). The summed E-state index contributed by atoms with van der Waals surface area (Å²) in [5.41, 5.74) is 6.73. The average Bonchev–Trinajstić information content (AvgIpc) is 2.49. The Balaban J connectivity index is 2.02. The number of anilines is 2. The van der Waals surface area contributed by atoms with Gasteiger partial charge in [-0.25, -0.2) is 0 Å². The number of carbonyl (C=O) groups excluding carboxylic acids is 1. The van der Waals surface area contributed by atoms with Gasteiger partial charge in [0, 0.05) is 4.90 Å². The van der Waals surface area contributed by atoms with Crippen LogP contribution in [0.1, 0.15) is 0 Å². The lowest BCUT2D eigenvalue weighted by atomic mass is 10.3. The highest BCUT2D eigenvalue weighted by Gasteiger charge is 2.12. The van der Waals surface area contributed by atoms with E-state index in [0.717, 1.165) is 0 Å². The van der Waals surface area contributed by atoms with E-state index in [-0.39, 0.29) is 11.7 Å². The molecule has 1 amide bonds. The molecule has 3 N–H and O–H groups in total. The lowest BCUT2D eigenvalue weighted by Crippen LogP contribution is -2.20. The molecule has 21 heavy (non-hydrogen) atoms. The summed E-state index contributed by atoms with van der Waals surface area (Å²) in [4.78, 5) is 12.5. The molecule has 0 fully saturated rings. The van der Waals surface area contributed by atoms with E-state index >= 15 is 0 Å². The molecule has 0 saturated heterocycles. The molecule has 0 heterocycles. The number of benzene rings is 2. The topological polar surface area (TPSA) is 81.4 Å². The Kier molecular flexibility index (Phi) is 4.94. The Hall–Kier alpha value is -2.34. The van der Waals surface area contributed by atoms with Gasteiger partial charge in [-0.3, -0.25) is 9.00 Å². The van der Waals surface area contributed by atoms with E-state index in [2.05, 4.69) is 5.32 Å². The first-order chi connectivity index (χ1) is 10.1. The number of nitrogen functional groups attached to an aromatic ring is 1. The third kappa shape index (κ3) is 4.06. The van der Waals surface area contributed by atoms with Crippen LogP contribution in [-0.2, 0) is 15.6 Å². The van der Waals surface area contributed by atoms with Gasteiger partial charge in [-0.1, -0.05) is 18.2 Å². The molecule has 0 aliphatic carbocycles. The molecule has 0 saturated carbocycles. The molecular formula is C15H16N2O3S. The molecule has 0 radical (unpaired) electrons. The third-order valence-corrected chi connectivity index (χ3v) is 4.11. The maximum atomic E-state index is 12.2. The van der Waals surface area contributed by atoms with Gasteiger partial charge in [0.2, 0.25) is 5.91 Å². The second-order valence-electron chi connectivity index (χ2n) is 4.30. The molecule has 2 aromatic rings. The van der Waals surface area contributed by atoms with Crippen LogP contribution in [0.2, 0.25) is 0 Å². The maximum Gasteiger partial charge on any atom is 0.237 e. The first kappa shape index (κ1) is 15.1. The number of amides is 1. The highest BCUT2D eigenvalue weighted by molar-refractivity contribution is 7.85. The highest BCUT2D eigenvalue weighted by Crippen LogP contribution is 2.18. The number of hydrogen-bond donors (Lipinski definition) is 2. The molecule has 5 nitrogen and oxygen atoms in total. The zero-order valence-corrected chi connectivity index (χ0v) is 12.4. The van der Waals surface area contributed by atoms with Crippen molar-refractivity contribution in [2.75, 3.05) is 23.9 Å². The van der Waals surface area contributed by atoms with Crippen molar-refractivity contribution in [1.29, 1.82) is 0 Å². The zero-order valence-electron chi connectivity index (χ0n) is 11.5. The molecule has 0 aromatic heterocycles. The van der Waals surface area contributed by atoms with Gasteiger partial charge in [-0.15, -0.1) is 0 Å². The molecule has 1 atom stereocenters. The summed E-state index contributed by atoms with van der Waals surface area (Å²) in [6.07, 6.45) is 0. The van der Waals surface area contributed by atoms with Crippen molar-refractivity contribution in [1.82, 2.24) is 0 Å². The van der Waals surface area contributed by atoms with E-state index in [4.69, 9.17) is 10.5 Å². The lowest BCUT2D eigenvalue weighted by Gasteiger charge is -2.08. The average molecular weight is 304 g/mol. The normalized spacial score (nSPS) is 11.7. The molecule has 6 heteroatoms. The molecule has 0 aliphatic heterocycles. The molecule has 2 aromatic carbocycles. The van der Waals surface area contributed by atoms with Crippen LogP contribution in [0.25, 0.3) is 0 Å². The minimum absolute atomic E-state index is 0.137. The third-order valence-electron chi connectivity index (χ3n) is 2.80. The lowest BCUT2D eigenvalue weighted by molar-refractivity contribution is -0.113. The molecule has 0 aliphatic rings. The van der Waals surface area contributed by atoms with Crippen LogP contribution in [0, 0.1) is 0 Å². The minimum atomic E-state index is -1.44. The van der Waals surface area contributed by atoms with Crippen molar-refractivity contribution in [3.05, 3.63) is 48.5 Å². The number of rotatable bonds is 5. The molecule has 0 bridgehead atoms. The molecular weight excluding hydrogens is 288 g/mol. The number of nitrogens with one attached hydrogen (secondary N) is 1. The van der Waals surface area contributed by atoms with Gasteiger partial charge in [-0.05, 0) is 30.3 Å². The molecule has 1 unspecified atom stereocenters. The van der Waals surface area contributed by atoms with Gasteiger partial charge >= 0.3 is 0 Å². The zero-order chi connectivity index (χ0) is 15.2. The minimum Gasteiger partial charge on any atom is -0.497 e. The summed E-state index contributed by atoms with van der Waals surface area (Å²) in [7, 11) is 0.0961. The van der Waals surface area contributed by atoms with Crippen molar-refractivity contribution >= 4 is 28.1 Å². The number of hydrogen-bond acceptors (Lipinski definition) is 4. The Morgan fingerprint density at radius 3 is 2.71 bits per heavy atom. The largest absolute Gasteiger partial charge is 0.497 e. The van der Waals surface area contributed by atoms with Crippen LogP contribution >= 0.6 is 0 Å². The van der Waals surface area contributed by atoms with Gasteiger partial charge < -0.3 is 15.8 Å². The predicted octanol–water partition coefficient (Wildman–Crippen LogP) is 2.02. The van der Waals surface area contributed by atoms with Crippen LogP contribution in [0.15, 0.2) is 53.4 Å². The van der Waals surface area contributed by atoms with E-state index in [9.17, 15) is 9.00 Å². The van der Waals surface area contributed by atoms with Gasteiger partial charge in [-0.2, -0.15) is 0 Å². The van der Waals surface area contributed by atoms with Crippen molar-refractivity contribution in [3.8, 4) is 5.75 Å². The van der Waals surface area contributed by atoms with E-state index in [0.29, 0.717) is 22.0 Å². The van der Waals surface area contributed by atoms with Crippen LogP contribution in [-0.4, -0.2) is 23.0 Å². The fourth-order valence-corrected chi connectivity index (χ4v) is 2.70. The fraction of sp³-hybridized carbons (Fsp3) is 0.133. The van der Waals surface area contributed by atoms with E-state index in [1.807, 2.05) is 0 Å². The highest BCUT2D eigenvalue weighted by atomic mass is 32.2. The first-order valence-electron chi connectivity index (χ1n) is 6.27. The molecule has 2 rings (SSSR count). The SMILES string of the molecule is COc1cccc(S(=O)CC(=O)Nc2ccccc2N)c1. The predicted molar refractivity (Wildman–Crippen MR) is 83.8 cm³/mol. The Bertz CT molecular complexity index is 673. The second-order valence-corrected chi connectivity index (χ2v) is 5.76. The van der Waals surface area contributed by atoms with Gasteiger partial charge in [0.25, 0.3) is 0 Å². The Morgan fingerprint density at radius 2 is 2.00 bits per heavy atom. The molecule has 110 valence electrons. The van der Waals surface area contributed by atoms with Crippen molar-refractivity contribution in [2.45, 2.75) is 4.90 Å². The number of ether oxygens (including phenoxy) is 1. The van der Waals surface area contributed by atoms with Crippen molar-refractivity contribution in [3.63, 3.8) is 0 Å². The summed E-state index contributed by atoms with van der Waals surface area (Å²) in [5, 5.41) is 2.65. The van der Waals surface area contributed by atoms with Crippen LogP contribution in [0.5, 0.6) is 5.75 Å². The maximum absolute atomic E-state index is 12.2. The van der Waals surface area contributed by atoms with E-state index < -0.39 is 10.8 Å². The quantitative estimate of drug-likeness (QED) is 0.828. The summed E-state index contributed by atoms with van der Waals surface area (Å²) in [6.45, 7) is 0. The van der Waals surface area contributed by atoms with Crippen molar-refractivity contribution in [2.24, 2.45) is 0 Å². The smallest absolute Gasteiger partial charge is 0.237 e. The van der Waals surface area contributed by atoms with Crippen LogP contribution in [0.3, 0.4) is 0 Å². The summed E-state index contributed by atoms with van der Waals surface area (Å²) in [6, 6.07) is 13.8. The van der Waals surface area contributed by atoms with E-state index in [1.165, 1.54) is 7.11 Å². The summed E-state index contributed by atoms with van der Waals surface area (Å²) >= 11 is 0. The summed E-state index contributed by atoms with van der Waals surface area (Å²) < 4.78 is 17.2. The number of methoxy groups -OCH3 is 1. The number of nitrogens with two attached hydrogens (primary N) is 1. The van der Waals surface area contributed by atoms with Crippen molar-refractivity contribution < 1.29 is 13.7 Å². The Morgan fingerprint density at radius 1 is 1.24 bits per heavy atom. The van der Waals surface area contributed by atoms with Crippen LogP contribution < -0.4 is 15.8 Å². The second kappa shape index (κ2) is 6.90. The van der Waals surface area contributed by atoms with Gasteiger partial charge in [0.1, 0.15) is 11.5 Å². The Labute approximate surface area is 125 Å². The van der Waals surface area contributed by atoms with E-state index in [1.54, 1.807) is 48.5 Å². The van der Waals surface area contributed by atoms with Gasteiger partial charge in [0.15, 0.2) is 0 Å². The molecule has 0 spiro atoms. The monoisotopic (exact) mass is 304 g/mol. The number of carbonyl (C=O) groups is 1. The first-order valence-corrected chi connectivity index (χ1v) is 7.59. The summed E-state index contributed by atoms with van der Waals surface area (Å²) in [5.74, 6) is 0.115. The fourth-order valence-electron chi connectivity index (χ4n) is 1.74.